The third kappa shape index (κ3) is 4.73. The van der Waals surface area contributed by atoms with E-state index in [0.717, 1.165) is 9.18 Å². The van der Waals surface area contributed by atoms with Crippen LogP contribution in [0, 0.1) is 5.41 Å². The van der Waals surface area contributed by atoms with Crippen LogP contribution in [-0.2, 0) is 21.2 Å². The first-order chi connectivity index (χ1) is 13.6. The molecular weight excluding hydrogens is 408 g/mol. The van der Waals surface area contributed by atoms with Crippen LogP contribution in [0.4, 0.5) is 5.82 Å². The van der Waals surface area contributed by atoms with E-state index in [-0.39, 0.29) is 15.9 Å². The normalized spacial score (nSPS) is 12.1. The second-order valence-corrected chi connectivity index (χ2v) is 11.0. The van der Waals surface area contributed by atoms with Crippen LogP contribution < -0.4 is 9.62 Å². The van der Waals surface area contributed by atoms with Crippen LogP contribution in [-0.4, -0.2) is 37.9 Å². The molecule has 0 bridgehead atoms. The molecule has 0 aliphatic rings. The summed E-state index contributed by atoms with van der Waals surface area (Å²) in [5.41, 5.74) is 0.888. The number of carbonyl (C=O) groups excluding carboxylic acids is 1. The molecule has 2 aromatic heterocycles. The Hall–Kier alpha value is -2.52. The number of sulfonamides is 1. The summed E-state index contributed by atoms with van der Waals surface area (Å²) in [5.74, 6) is 0.229. The van der Waals surface area contributed by atoms with Gasteiger partial charge in [0.2, 0.25) is 5.91 Å². The second kappa shape index (κ2) is 8.08. The van der Waals surface area contributed by atoms with Crippen LogP contribution in [0.15, 0.2) is 46.8 Å². The molecule has 1 aromatic carbocycles. The number of nitrogens with one attached hydrogen (secondary N) is 1. The summed E-state index contributed by atoms with van der Waals surface area (Å²) in [4.78, 5) is 21.5. The highest BCUT2D eigenvalue weighted by Gasteiger charge is 2.25. The number of rotatable bonds is 6. The highest BCUT2D eigenvalue weighted by molar-refractivity contribution is 7.94. The van der Waals surface area contributed by atoms with E-state index in [4.69, 9.17) is 0 Å². The van der Waals surface area contributed by atoms with Crippen molar-refractivity contribution in [3.05, 3.63) is 47.5 Å². The van der Waals surface area contributed by atoms with Crippen molar-refractivity contribution in [2.75, 3.05) is 17.9 Å². The predicted octanol–water partition coefficient (Wildman–Crippen LogP) is 3.22. The van der Waals surface area contributed by atoms with Crippen LogP contribution in [0.25, 0.3) is 11.0 Å². The number of hydrogen-bond donors (Lipinski definition) is 1. The first-order valence-corrected chi connectivity index (χ1v) is 11.4. The van der Waals surface area contributed by atoms with Crippen LogP contribution in [0.1, 0.15) is 25.6 Å². The Balaban J connectivity index is 1.73. The van der Waals surface area contributed by atoms with Crippen LogP contribution >= 0.6 is 11.3 Å². The number of benzene rings is 1. The molecule has 7 nitrogen and oxygen atoms in total. The van der Waals surface area contributed by atoms with Gasteiger partial charge in [0.1, 0.15) is 4.21 Å². The number of anilines is 1. The van der Waals surface area contributed by atoms with E-state index in [0.29, 0.717) is 24.0 Å². The number of carbonyl (C=O) groups is 1. The van der Waals surface area contributed by atoms with Crippen molar-refractivity contribution in [3.63, 3.8) is 0 Å². The van der Waals surface area contributed by atoms with E-state index in [1.54, 1.807) is 18.2 Å². The average Bonchev–Trinajstić information content (AvgIpc) is 3.16. The van der Waals surface area contributed by atoms with Crippen molar-refractivity contribution in [1.29, 1.82) is 0 Å². The van der Waals surface area contributed by atoms with E-state index in [1.165, 1.54) is 24.6 Å². The van der Waals surface area contributed by atoms with E-state index in [2.05, 4.69) is 15.3 Å². The predicted molar refractivity (Wildman–Crippen MR) is 116 cm³/mol. The minimum atomic E-state index is -3.74. The molecule has 0 aliphatic carbocycles. The Morgan fingerprint density at radius 1 is 1.14 bits per heavy atom. The van der Waals surface area contributed by atoms with Gasteiger partial charge in [0.05, 0.1) is 17.2 Å². The SMILES string of the molecule is CN(c1cnc2ccccc2n1)S(=O)(=O)c1ccc(CCNC(=O)C(C)(C)C)s1. The molecule has 0 saturated heterocycles. The minimum Gasteiger partial charge on any atom is -0.355 e. The molecular formula is C20H24N4O3S2. The highest BCUT2D eigenvalue weighted by atomic mass is 32.2. The lowest BCUT2D eigenvalue weighted by atomic mass is 9.96. The summed E-state index contributed by atoms with van der Waals surface area (Å²) in [6.07, 6.45) is 2.03. The van der Waals surface area contributed by atoms with Gasteiger partial charge in [-0.1, -0.05) is 32.9 Å². The summed E-state index contributed by atoms with van der Waals surface area (Å²) in [6.45, 7) is 6.01. The second-order valence-electron chi connectivity index (χ2n) is 7.67. The molecule has 0 saturated carbocycles. The first kappa shape index (κ1) is 21.2. The van der Waals surface area contributed by atoms with Gasteiger partial charge in [-0.2, -0.15) is 0 Å². The third-order valence-electron chi connectivity index (χ3n) is 4.35. The van der Waals surface area contributed by atoms with Crippen molar-refractivity contribution >= 4 is 44.1 Å². The van der Waals surface area contributed by atoms with Gasteiger partial charge in [-0.3, -0.25) is 14.1 Å². The molecule has 0 spiro atoms. The van der Waals surface area contributed by atoms with Crippen molar-refractivity contribution in [2.45, 2.75) is 31.4 Å². The van der Waals surface area contributed by atoms with Crippen molar-refractivity contribution < 1.29 is 13.2 Å². The number of hydrogen-bond acceptors (Lipinski definition) is 6. The lowest BCUT2D eigenvalue weighted by Crippen LogP contribution is -2.35. The number of nitrogens with zero attached hydrogens (tertiary/aromatic N) is 3. The standard InChI is InChI=1S/C20H24N4O3S2/c1-20(2,3)19(25)21-12-11-14-9-10-18(28-14)29(26,27)24(4)17-13-22-15-7-5-6-8-16(15)23-17/h5-10,13H,11-12H2,1-4H3,(H,21,25). The molecule has 3 rings (SSSR count). The van der Waals surface area contributed by atoms with Crippen LogP contribution in [0.2, 0.25) is 0 Å². The van der Waals surface area contributed by atoms with Crippen LogP contribution in [0.3, 0.4) is 0 Å². The molecule has 1 N–H and O–H groups in total. The van der Waals surface area contributed by atoms with E-state index in [9.17, 15) is 13.2 Å². The van der Waals surface area contributed by atoms with Crippen molar-refractivity contribution in [2.24, 2.45) is 5.41 Å². The number of amides is 1. The molecule has 0 fully saturated rings. The molecule has 0 radical (unpaired) electrons. The molecule has 9 heteroatoms. The van der Waals surface area contributed by atoms with Gasteiger partial charge < -0.3 is 5.32 Å². The number of thiophene rings is 1. The van der Waals surface area contributed by atoms with Crippen molar-refractivity contribution in [1.82, 2.24) is 15.3 Å². The van der Waals surface area contributed by atoms with E-state index < -0.39 is 15.4 Å². The smallest absolute Gasteiger partial charge is 0.274 e. The minimum absolute atomic E-state index is 0.0310. The molecule has 2 heterocycles. The lowest BCUT2D eigenvalue weighted by Gasteiger charge is -2.17. The topological polar surface area (TPSA) is 92.3 Å². The summed E-state index contributed by atoms with van der Waals surface area (Å²) in [6, 6.07) is 10.7. The Bertz CT molecular complexity index is 1130. The monoisotopic (exact) mass is 432 g/mol. The zero-order chi connectivity index (χ0) is 21.2. The van der Waals surface area contributed by atoms with E-state index >= 15 is 0 Å². The van der Waals surface area contributed by atoms with Gasteiger partial charge in [-0.05, 0) is 30.7 Å². The average molecular weight is 433 g/mol. The highest BCUT2D eigenvalue weighted by Crippen LogP contribution is 2.27. The fraction of sp³-hybridized carbons (Fsp3) is 0.350. The van der Waals surface area contributed by atoms with E-state index in [1.807, 2.05) is 39.0 Å². The van der Waals surface area contributed by atoms with Gasteiger partial charge in [0, 0.05) is 23.9 Å². The van der Waals surface area contributed by atoms with Gasteiger partial charge in [0.15, 0.2) is 5.82 Å². The number of aromatic nitrogens is 2. The number of fused-ring (bicyclic) bond motifs is 1. The molecule has 29 heavy (non-hydrogen) atoms. The summed E-state index contributed by atoms with van der Waals surface area (Å²) < 4.78 is 27.4. The Kier molecular flexibility index (Phi) is 5.90. The summed E-state index contributed by atoms with van der Waals surface area (Å²) >= 11 is 1.20. The molecule has 3 aromatic rings. The number of para-hydroxylation sites is 2. The van der Waals surface area contributed by atoms with Gasteiger partial charge in [-0.25, -0.2) is 13.4 Å². The quantitative estimate of drug-likeness (QED) is 0.646. The van der Waals surface area contributed by atoms with Crippen molar-refractivity contribution in [3.8, 4) is 0 Å². The fourth-order valence-electron chi connectivity index (χ4n) is 2.55. The molecule has 1 amide bonds. The fourth-order valence-corrected chi connectivity index (χ4v) is 5.21. The molecule has 0 aliphatic heterocycles. The lowest BCUT2D eigenvalue weighted by molar-refractivity contribution is -0.128. The Morgan fingerprint density at radius 2 is 1.83 bits per heavy atom. The Morgan fingerprint density at radius 3 is 2.52 bits per heavy atom. The maximum Gasteiger partial charge on any atom is 0.274 e. The molecule has 0 unspecified atom stereocenters. The van der Waals surface area contributed by atoms with Gasteiger partial charge in [-0.15, -0.1) is 11.3 Å². The first-order valence-electron chi connectivity index (χ1n) is 9.17. The van der Waals surface area contributed by atoms with Crippen LogP contribution in [0.5, 0.6) is 0 Å². The maximum atomic E-state index is 13.0. The summed E-state index contributed by atoms with van der Waals surface area (Å²) in [7, 11) is -2.27. The Labute approximate surface area is 174 Å². The molecule has 0 atom stereocenters. The zero-order valence-corrected chi connectivity index (χ0v) is 18.5. The zero-order valence-electron chi connectivity index (χ0n) is 16.8. The third-order valence-corrected chi connectivity index (χ3v) is 7.72. The van der Waals surface area contributed by atoms with Gasteiger partial charge >= 0.3 is 0 Å². The van der Waals surface area contributed by atoms with Gasteiger partial charge in [0.25, 0.3) is 10.0 Å². The summed E-state index contributed by atoms with van der Waals surface area (Å²) in [5, 5.41) is 2.87. The molecule has 154 valence electrons. The largest absolute Gasteiger partial charge is 0.355 e. The maximum absolute atomic E-state index is 13.0.